The predicted octanol–water partition coefficient (Wildman–Crippen LogP) is 5.36. The van der Waals surface area contributed by atoms with E-state index in [2.05, 4.69) is 14.8 Å². The molecule has 0 aliphatic carbocycles. The molecular formula is C24H22ClF2N3O9P2. The molecule has 0 aliphatic heterocycles. The molecule has 2 atom stereocenters. The number of phosphoric ester groups is 2. The minimum Gasteiger partial charge on any atom is -0.358 e. The first-order chi connectivity index (χ1) is 19.0. The number of anilines is 1. The van der Waals surface area contributed by atoms with E-state index in [1.54, 1.807) is 24.3 Å². The van der Waals surface area contributed by atoms with Gasteiger partial charge in [-0.15, -0.1) is 0 Å². The van der Waals surface area contributed by atoms with Crippen LogP contribution in [0.3, 0.4) is 0 Å². The van der Waals surface area contributed by atoms with Gasteiger partial charge in [0.1, 0.15) is 23.9 Å². The van der Waals surface area contributed by atoms with E-state index < -0.39 is 56.8 Å². The van der Waals surface area contributed by atoms with E-state index in [1.807, 2.05) is 0 Å². The Hall–Kier alpha value is -3.03. The molecule has 0 saturated heterocycles. The summed E-state index contributed by atoms with van der Waals surface area (Å²) in [5.41, 5.74) is -0.637. The fraction of sp³-hybridized carbons (Fsp3) is 0.167. The highest BCUT2D eigenvalue weighted by Crippen LogP contribution is 2.42. The van der Waals surface area contributed by atoms with E-state index in [0.717, 1.165) is 29.8 Å². The molecule has 17 heteroatoms. The molecule has 218 valence electrons. The maximum atomic E-state index is 15.5. The second-order valence-electron chi connectivity index (χ2n) is 8.74. The van der Waals surface area contributed by atoms with Gasteiger partial charge in [-0.05, 0) is 49.7 Å². The number of hydrogen-bond acceptors (Lipinski definition) is 7. The van der Waals surface area contributed by atoms with Crippen LogP contribution in [0.1, 0.15) is 36.0 Å². The SMILES string of the molecule is CC(Nc1ccc(F)c(C(=O)c2cn(C(C)OP(=O)(O)O)c3ncc(-c4ccc(Cl)cc4)cc23)c1F)OP(=O)(O)O. The molecule has 0 aliphatic rings. The van der Waals surface area contributed by atoms with Gasteiger partial charge in [0.2, 0.25) is 5.78 Å². The van der Waals surface area contributed by atoms with Gasteiger partial charge in [0.25, 0.3) is 0 Å². The lowest BCUT2D eigenvalue weighted by molar-refractivity contribution is 0.100. The fourth-order valence-corrected chi connectivity index (χ4v) is 5.19. The minimum absolute atomic E-state index is 0.0192. The number of benzene rings is 2. The lowest BCUT2D eigenvalue weighted by Crippen LogP contribution is -2.20. The Morgan fingerprint density at radius 2 is 1.63 bits per heavy atom. The average molecular weight is 632 g/mol. The first kappa shape index (κ1) is 30.9. The summed E-state index contributed by atoms with van der Waals surface area (Å²) >= 11 is 5.96. The summed E-state index contributed by atoms with van der Waals surface area (Å²) in [7, 11) is -9.95. The van der Waals surface area contributed by atoms with Crippen LogP contribution in [-0.2, 0) is 18.2 Å². The van der Waals surface area contributed by atoms with Crippen LogP contribution < -0.4 is 5.32 Å². The smallest absolute Gasteiger partial charge is 0.358 e. The minimum atomic E-state index is -4.99. The van der Waals surface area contributed by atoms with Crippen LogP contribution in [0.15, 0.2) is 54.9 Å². The Labute approximate surface area is 236 Å². The van der Waals surface area contributed by atoms with Crippen molar-refractivity contribution in [3.8, 4) is 11.1 Å². The predicted molar refractivity (Wildman–Crippen MR) is 144 cm³/mol. The van der Waals surface area contributed by atoms with Gasteiger partial charge in [-0.25, -0.2) is 22.9 Å². The molecule has 2 aromatic heterocycles. The first-order valence-electron chi connectivity index (χ1n) is 11.6. The third-order valence-corrected chi connectivity index (χ3v) is 7.17. The lowest BCUT2D eigenvalue weighted by Gasteiger charge is -2.18. The summed E-state index contributed by atoms with van der Waals surface area (Å²) < 4.78 is 63.3. The van der Waals surface area contributed by atoms with Crippen molar-refractivity contribution in [3.05, 3.63) is 82.6 Å². The van der Waals surface area contributed by atoms with Crippen LogP contribution in [0.4, 0.5) is 14.5 Å². The van der Waals surface area contributed by atoms with Gasteiger partial charge in [-0.3, -0.25) is 13.8 Å². The van der Waals surface area contributed by atoms with Gasteiger partial charge in [-0.1, -0.05) is 23.7 Å². The van der Waals surface area contributed by atoms with Gasteiger partial charge >= 0.3 is 15.6 Å². The molecule has 2 aromatic carbocycles. The largest absolute Gasteiger partial charge is 0.471 e. The standard InChI is InChI=1S/C24H22ClF2N3O9P2/c1-12(38-40(32,33)34)29-20-8-7-19(26)21(22(20)27)23(31)18-11-30(13(2)39-41(35,36)37)24-17(18)9-15(10-28-24)14-3-5-16(25)6-4-14/h3-13,29H,1-2H3,(H2,32,33,34)(H2,35,36,37). The van der Waals surface area contributed by atoms with Crippen molar-refractivity contribution in [3.63, 3.8) is 0 Å². The van der Waals surface area contributed by atoms with Crippen molar-refractivity contribution in [2.24, 2.45) is 0 Å². The molecule has 0 saturated carbocycles. The zero-order chi connectivity index (χ0) is 30.3. The molecule has 4 rings (SSSR count). The highest BCUT2D eigenvalue weighted by atomic mass is 35.5. The van der Waals surface area contributed by atoms with Crippen LogP contribution in [-0.4, -0.2) is 41.1 Å². The fourth-order valence-electron chi connectivity index (χ4n) is 4.10. The van der Waals surface area contributed by atoms with Gasteiger partial charge in [0.05, 0.1) is 16.8 Å². The molecule has 41 heavy (non-hydrogen) atoms. The van der Waals surface area contributed by atoms with Gasteiger partial charge in [0.15, 0.2) is 5.82 Å². The van der Waals surface area contributed by atoms with Gasteiger partial charge in [0, 0.05) is 28.4 Å². The molecule has 5 N–H and O–H groups in total. The monoisotopic (exact) mass is 631 g/mol. The second-order valence-corrected chi connectivity index (χ2v) is 11.6. The number of fused-ring (bicyclic) bond motifs is 1. The Bertz CT molecular complexity index is 1720. The lowest BCUT2D eigenvalue weighted by atomic mass is 9.99. The second kappa shape index (κ2) is 11.7. The van der Waals surface area contributed by atoms with Crippen LogP contribution in [0.5, 0.6) is 0 Å². The van der Waals surface area contributed by atoms with Gasteiger partial charge in [-0.2, -0.15) is 0 Å². The maximum absolute atomic E-state index is 15.5. The van der Waals surface area contributed by atoms with Crippen LogP contribution in [0.2, 0.25) is 5.02 Å². The topological polar surface area (TPSA) is 180 Å². The van der Waals surface area contributed by atoms with E-state index in [0.29, 0.717) is 16.1 Å². The molecule has 0 fully saturated rings. The van der Waals surface area contributed by atoms with E-state index in [4.69, 9.17) is 25.9 Å². The van der Waals surface area contributed by atoms with E-state index >= 15 is 4.39 Å². The number of rotatable bonds is 10. The van der Waals surface area contributed by atoms with Gasteiger partial charge < -0.3 is 29.5 Å². The zero-order valence-electron chi connectivity index (χ0n) is 21.1. The zero-order valence-corrected chi connectivity index (χ0v) is 23.6. The molecule has 4 aromatic rings. The number of nitrogens with one attached hydrogen (secondary N) is 1. The highest BCUT2D eigenvalue weighted by molar-refractivity contribution is 7.46. The molecule has 0 spiro atoms. The molecule has 12 nitrogen and oxygen atoms in total. The molecule has 0 amide bonds. The molecule has 0 bridgehead atoms. The van der Waals surface area contributed by atoms with Crippen molar-refractivity contribution in [1.82, 2.24) is 9.55 Å². The number of phosphoric acid groups is 2. The highest BCUT2D eigenvalue weighted by Gasteiger charge is 2.29. The van der Waals surface area contributed by atoms with Crippen LogP contribution in [0, 0.1) is 11.6 Å². The third kappa shape index (κ3) is 7.25. The Morgan fingerprint density at radius 1 is 1.00 bits per heavy atom. The number of ketones is 1. The number of nitrogens with zero attached hydrogens (tertiary/aromatic N) is 2. The quantitative estimate of drug-likeness (QED) is 0.0863. The number of carbonyl (C=O) groups excluding carboxylic acids is 1. The number of carbonyl (C=O) groups is 1. The number of hydrogen-bond donors (Lipinski definition) is 5. The van der Waals surface area contributed by atoms with Crippen molar-refractivity contribution in [1.29, 1.82) is 0 Å². The Kier molecular flexibility index (Phi) is 8.81. The van der Waals surface area contributed by atoms with Crippen molar-refractivity contribution < 1.29 is 51.3 Å². The Morgan fingerprint density at radius 3 is 2.24 bits per heavy atom. The number of halogens is 3. The number of pyridine rings is 1. The normalized spacial score (nSPS) is 13.8. The van der Waals surface area contributed by atoms with Crippen LogP contribution in [0.25, 0.3) is 22.2 Å². The number of aromatic nitrogens is 2. The van der Waals surface area contributed by atoms with E-state index in [1.165, 1.54) is 19.2 Å². The first-order valence-corrected chi connectivity index (χ1v) is 15.0. The maximum Gasteiger partial charge on any atom is 0.471 e. The van der Waals surface area contributed by atoms with Crippen LogP contribution >= 0.6 is 27.2 Å². The summed E-state index contributed by atoms with van der Waals surface area (Å²) in [6.45, 7) is 2.43. The summed E-state index contributed by atoms with van der Waals surface area (Å²) in [4.78, 5) is 54.5. The van der Waals surface area contributed by atoms with E-state index in [9.17, 15) is 28.1 Å². The Balaban J connectivity index is 1.86. The van der Waals surface area contributed by atoms with E-state index in [-0.39, 0.29) is 16.6 Å². The summed E-state index contributed by atoms with van der Waals surface area (Å²) in [6.07, 6.45) is -0.265. The van der Waals surface area contributed by atoms with Crippen molar-refractivity contribution in [2.75, 3.05) is 5.32 Å². The molecule has 2 unspecified atom stereocenters. The third-order valence-electron chi connectivity index (χ3n) is 5.75. The summed E-state index contributed by atoms with van der Waals surface area (Å²) in [5.74, 6) is -3.78. The molecule has 0 radical (unpaired) electrons. The summed E-state index contributed by atoms with van der Waals surface area (Å²) in [5, 5.41) is 2.87. The molecule has 2 heterocycles. The van der Waals surface area contributed by atoms with Crippen molar-refractivity contribution >= 4 is 49.8 Å². The molecular weight excluding hydrogens is 610 g/mol. The summed E-state index contributed by atoms with van der Waals surface area (Å²) in [6, 6.07) is 9.80. The average Bonchev–Trinajstić information content (AvgIpc) is 3.23. The van der Waals surface area contributed by atoms with Crippen molar-refractivity contribution in [2.45, 2.75) is 26.3 Å².